The number of aromatic nitrogens is 2. The Morgan fingerprint density at radius 2 is 2.00 bits per heavy atom. The Morgan fingerprint density at radius 3 is 2.47 bits per heavy atom. The van der Waals surface area contributed by atoms with Crippen molar-refractivity contribution in [3.8, 4) is 0 Å². The number of carbonyl (C=O) groups is 1. The molecule has 0 aromatic carbocycles. The van der Waals surface area contributed by atoms with Gasteiger partial charge in [-0.05, 0) is 34.1 Å². The van der Waals surface area contributed by atoms with Gasteiger partial charge in [0.25, 0.3) is 0 Å². The number of aromatic amines is 1. The number of aryl methyl sites for hydroxylation is 1. The first-order valence-electron chi connectivity index (χ1n) is 6.31. The Labute approximate surface area is 103 Å². The molecule has 0 aliphatic heterocycles. The van der Waals surface area contributed by atoms with Crippen LogP contribution in [0.15, 0.2) is 12.4 Å². The molecule has 4 nitrogen and oxygen atoms in total. The van der Waals surface area contributed by atoms with E-state index in [-0.39, 0.29) is 18.0 Å². The van der Waals surface area contributed by atoms with Crippen molar-refractivity contribution in [1.82, 2.24) is 14.9 Å². The van der Waals surface area contributed by atoms with Gasteiger partial charge in [-0.1, -0.05) is 0 Å². The average Bonchev–Trinajstić information content (AvgIpc) is 2.69. The van der Waals surface area contributed by atoms with Crippen LogP contribution in [-0.2, 0) is 11.2 Å². The van der Waals surface area contributed by atoms with E-state index in [2.05, 4.69) is 37.7 Å². The van der Waals surface area contributed by atoms with Crippen LogP contribution in [0.4, 0.5) is 0 Å². The summed E-state index contributed by atoms with van der Waals surface area (Å²) in [6.45, 7) is 8.24. The van der Waals surface area contributed by atoms with E-state index in [0.717, 1.165) is 18.7 Å². The van der Waals surface area contributed by atoms with Crippen LogP contribution < -0.4 is 0 Å². The second kappa shape index (κ2) is 6.42. The number of nitrogens with one attached hydrogen (secondary N) is 1. The molecule has 0 saturated carbocycles. The number of carbonyl (C=O) groups excluding carboxylic acids is 1. The fourth-order valence-electron chi connectivity index (χ4n) is 2.14. The molecule has 0 bridgehead atoms. The van der Waals surface area contributed by atoms with Crippen molar-refractivity contribution >= 4 is 5.91 Å². The Morgan fingerprint density at radius 1 is 1.35 bits per heavy atom. The van der Waals surface area contributed by atoms with E-state index < -0.39 is 0 Å². The molecule has 1 aromatic rings. The number of amides is 1. The highest BCUT2D eigenvalue weighted by atomic mass is 16.2. The Kier molecular flexibility index (Phi) is 5.19. The molecule has 96 valence electrons. The van der Waals surface area contributed by atoms with Crippen molar-refractivity contribution in [3.63, 3.8) is 0 Å². The van der Waals surface area contributed by atoms with Crippen molar-refractivity contribution in [2.45, 2.75) is 59.0 Å². The monoisotopic (exact) mass is 237 g/mol. The summed E-state index contributed by atoms with van der Waals surface area (Å²) in [6.07, 6.45) is 5.83. The fourth-order valence-corrected chi connectivity index (χ4v) is 2.14. The second-order valence-corrected chi connectivity index (χ2v) is 4.88. The van der Waals surface area contributed by atoms with Gasteiger partial charge in [0, 0.05) is 37.3 Å². The summed E-state index contributed by atoms with van der Waals surface area (Å²) in [5.41, 5.74) is 0. The summed E-state index contributed by atoms with van der Waals surface area (Å²) in [5.74, 6) is 1.19. The lowest BCUT2D eigenvalue weighted by molar-refractivity contribution is -0.134. The maximum atomic E-state index is 12.0. The first kappa shape index (κ1) is 13.7. The molecule has 1 amide bonds. The molecule has 0 radical (unpaired) electrons. The summed E-state index contributed by atoms with van der Waals surface area (Å²) in [5, 5.41) is 0. The molecular formula is C13H23N3O. The minimum Gasteiger partial charge on any atom is -0.349 e. The third-order valence-corrected chi connectivity index (χ3v) is 2.76. The van der Waals surface area contributed by atoms with Crippen molar-refractivity contribution in [1.29, 1.82) is 0 Å². The zero-order valence-electron chi connectivity index (χ0n) is 11.2. The van der Waals surface area contributed by atoms with Crippen LogP contribution in [-0.4, -0.2) is 32.9 Å². The highest BCUT2D eigenvalue weighted by Gasteiger charge is 2.19. The minimum atomic E-state index is 0.238. The lowest BCUT2D eigenvalue weighted by atomic mass is 10.1. The van der Waals surface area contributed by atoms with Crippen LogP contribution >= 0.6 is 0 Å². The van der Waals surface area contributed by atoms with E-state index in [1.807, 2.05) is 11.1 Å². The van der Waals surface area contributed by atoms with Crippen molar-refractivity contribution in [2.24, 2.45) is 0 Å². The largest absolute Gasteiger partial charge is 0.349 e. The number of H-pyrrole nitrogens is 1. The topological polar surface area (TPSA) is 49.0 Å². The van der Waals surface area contributed by atoms with Crippen LogP contribution in [0.25, 0.3) is 0 Å². The van der Waals surface area contributed by atoms with Gasteiger partial charge < -0.3 is 9.88 Å². The molecule has 0 aliphatic rings. The third kappa shape index (κ3) is 4.21. The molecule has 0 aliphatic carbocycles. The average molecular weight is 237 g/mol. The third-order valence-electron chi connectivity index (χ3n) is 2.76. The summed E-state index contributed by atoms with van der Waals surface area (Å²) in [4.78, 5) is 21.2. The zero-order valence-corrected chi connectivity index (χ0v) is 11.2. The van der Waals surface area contributed by atoms with Crippen molar-refractivity contribution < 1.29 is 4.79 Å². The number of nitrogens with zero attached hydrogens (tertiary/aromatic N) is 2. The predicted octanol–water partition coefficient (Wildman–Crippen LogP) is 2.38. The smallest absolute Gasteiger partial charge is 0.223 e. The normalized spacial score (nSPS) is 11.2. The van der Waals surface area contributed by atoms with Gasteiger partial charge in [0.05, 0.1) is 0 Å². The van der Waals surface area contributed by atoms with Gasteiger partial charge in [-0.3, -0.25) is 4.79 Å². The van der Waals surface area contributed by atoms with Crippen LogP contribution in [0.3, 0.4) is 0 Å². The zero-order chi connectivity index (χ0) is 12.8. The molecule has 4 heteroatoms. The molecular weight excluding hydrogens is 214 g/mol. The van der Waals surface area contributed by atoms with E-state index >= 15 is 0 Å². The first-order chi connectivity index (χ1) is 8.02. The minimum absolute atomic E-state index is 0.238. The second-order valence-electron chi connectivity index (χ2n) is 4.88. The molecule has 1 heterocycles. The molecule has 0 atom stereocenters. The lowest BCUT2D eigenvalue weighted by Gasteiger charge is -2.30. The SMILES string of the molecule is CC(C)N(C(=O)CCCc1ncc[nH]1)C(C)C. The van der Waals surface area contributed by atoms with Gasteiger partial charge in [-0.15, -0.1) is 0 Å². The number of rotatable bonds is 6. The van der Waals surface area contributed by atoms with Crippen LogP contribution in [0, 0.1) is 0 Å². The molecule has 0 fully saturated rings. The maximum Gasteiger partial charge on any atom is 0.223 e. The van der Waals surface area contributed by atoms with Crippen molar-refractivity contribution in [3.05, 3.63) is 18.2 Å². The lowest BCUT2D eigenvalue weighted by Crippen LogP contribution is -2.41. The summed E-state index contributed by atoms with van der Waals surface area (Å²) in [6, 6.07) is 0.539. The first-order valence-corrected chi connectivity index (χ1v) is 6.31. The van der Waals surface area contributed by atoms with Gasteiger partial charge in [-0.2, -0.15) is 0 Å². The standard InChI is InChI=1S/C13H23N3O/c1-10(2)16(11(3)4)13(17)7-5-6-12-14-8-9-15-12/h8-11H,5-7H2,1-4H3,(H,14,15). The molecule has 0 unspecified atom stereocenters. The van der Waals surface area contributed by atoms with Gasteiger partial charge in [0.2, 0.25) is 5.91 Å². The predicted molar refractivity (Wildman–Crippen MR) is 68.6 cm³/mol. The summed E-state index contributed by atoms with van der Waals surface area (Å²) >= 11 is 0. The number of hydrogen-bond donors (Lipinski definition) is 1. The van der Waals surface area contributed by atoms with Gasteiger partial charge in [0.1, 0.15) is 5.82 Å². The molecule has 0 saturated heterocycles. The highest BCUT2D eigenvalue weighted by molar-refractivity contribution is 5.76. The Bertz CT molecular complexity index is 322. The fraction of sp³-hybridized carbons (Fsp3) is 0.692. The highest BCUT2D eigenvalue weighted by Crippen LogP contribution is 2.10. The molecule has 17 heavy (non-hydrogen) atoms. The quantitative estimate of drug-likeness (QED) is 0.825. The Hall–Kier alpha value is -1.32. The summed E-state index contributed by atoms with van der Waals surface area (Å²) in [7, 11) is 0. The molecule has 1 aromatic heterocycles. The van der Waals surface area contributed by atoms with Crippen LogP contribution in [0.5, 0.6) is 0 Å². The summed E-state index contributed by atoms with van der Waals surface area (Å²) < 4.78 is 0. The van der Waals surface area contributed by atoms with Crippen LogP contribution in [0.1, 0.15) is 46.4 Å². The van der Waals surface area contributed by atoms with E-state index in [1.165, 1.54) is 0 Å². The van der Waals surface area contributed by atoms with Gasteiger partial charge in [-0.25, -0.2) is 4.98 Å². The molecule has 0 spiro atoms. The van der Waals surface area contributed by atoms with Gasteiger partial charge >= 0.3 is 0 Å². The Balaban J connectivity index is 2.37. The van der Waals surface area contributed by atoms with Crippen molar-refractivity contribution in [2.75, 3.05) is 0 Å². The number of imidazole rings is 1. The molecule has 1 rings (SSSR count). The van der Waals surface area contributed by atoms with Gasteiger partial charge in [0.15, 0.2) is 0 Å². The van der Waals surface area contributed by atoms with E-state index in [1.54, 1.807) is 6.20 Å². The van der Waals surface area contributed by atoms with E-state index in [4.69, 9.17) is 0 Å². The maximum absolute atomic E-state index is 12.0. The van der Waals surface area contributed by atoms with E-state index in [9.17, 15) is 4.79 Å². The number of hydrogen-bond acceptors (Lipinski definition) is 2. The molecule has 1 N–H and O–H groups in total. The van der Waals surface area contributed by atoms with Crippen LogP contribution in [0.2, 0.25) is 0 Å². The van der Waals surface area contributed by atoms with E-state index in [0.29, 0.717) is 6.42 Å².